The van der Waals surface area contributed by atoms with Crippen molar-refractivity contribution in [3.8, 4) is 0 Å². The largest absolute Gasteiger partial charge is 0.434 e. The van der Waals surface area contributed by atoms with E-state index in [0.29, 0.717) is 5.01 Å². The van der Waals surface area contributed by atoms with Gasteiger partial charge in [0.25, 0.3) is 5.91 Å². The molecule has 21 heavy (non-hydrogen) atoms. The van der Waals surface area contributed by atoms with Gasteiger partial charge in [-0.1, -0.05) is 6.07 Å². The van der Waals surface area contributed by atoms with E-state index in [0.717, 1.165) is 22.4 Å². The van der Waals surface area contributed by atoms with Crippen molar-refractivity contribution in [3.05, 3.63) is 45.7 Å². The smallest absolute Gasteiger partial charge is 0.350 e. The van der Waals surface area contributed by atoms with Gasteiger partial charge in [-0.2, -0.15) is 13.2 Å². The van der Waals surface area contributed by atoms with Crippen molar-refractivity contribution in [2.75, 3.05) is 6.54 Å². The molecule has 0 saturated heterocycles. The second kappa shape index (κ2) is 6.21. The number of hydrogen-bond donors (Lipinski definition) is 1. The SMILES string of the molecule is Cc1cccc(C(=O)NCCc2nc(C(F)(F)F)cs2)n1. The molecule has 0 aromatic carbocycles. The van der Waals surface area contributed by atoms with Gasteiger partial charge in [0.1, 0.15) is 5.69 Å². The van der Waals surface area contributed by atoms with Crippen molar-refractivity contribution in [3.63, 3.8) is 0 Å². The van der Waals surface area contributed by atoms with Crippen LogP contribution in [0, 0.1) is 6.92 Å². The van der Waals surface area contributed by atoms with Crippen LogP contribution in [-0.2, 0) is 12.6 Å². The highest BCUT2D eigenvalue weighted by Gasteiger charge is 2.33. The molecule has 0 aliphatic heterocycles. The van der Waals surface area contributed by atoms with E-state index in [1.165, 1.54) is 0 Å². The number of halogens is 3. The van der Waals surface area contributed by atoms with E-state index in [2.05, 4.69) is 15.3 Å². The van der Waals surface area contributed by atoms with Gasteiger partial charge in [0.05, 0.1) is 5.01 Å². The maximum Gasteiger partial charge on any atom is 0.434 e. The number of amides is 1. The first-order chi connectivity index (χ1) is 9.86. The number of carbonyl (C=O) groups excluding carboxylic acids is 1. The highest BCUT2D eigenvalue weighted by molar-refractivity contribution is 7.09. The molecule has 0 bridgehead atoms. The molecule has 112 valence electrons. The van der Waals surface area contributed by atoms with E-state index in [1.54, 1.807) is 25.1 Å². The standard InChI is InChI=1S/C13H12F3N3OS/c1-8-3-2-4-9(18-8)12(20)17-6-5-11-19-10(7-21-11)13(14,15)16/h2-4,7H,5-6H2,1H3,(H,17,20). The van der Waals surface area contributed by atoms with Crippen LogP contribution in [0.25, 0.3) is 0 Å². The molecule has 2 aromatic rings. The third-order valence-corrected chi connectivity index (χ3v) is 3.50. The monoisotopic (exact) mass is 315 g/mol. The number of rotatable bonds is 4. The minimum atomic E-state index is -4.43. The number of carbonyl (C=O) groups is 1. The molecule has 2 rings (SSSR count). The lowest BCUT2D eigenvalue weighted by Gasteiger charge is -2.04. The summed E-state index contributed by atoms with van der Waals surface area (Å²) >= 11 is 0.928. The van der Waals surface area contributed by atoms with Crippen LogP contribution in [-0.4, -0.2) is 22.4 Å². The summed E-state index contributed by atoms with van der Waals surface area (Å²) < 4.78 is 37.1. The number of nitrogens with zero attached hydrogens (tertiary/aromatic N) is 2. The molecular formula is C13H12F3N3OS. The minimum Gasteiger partial charge on any atom is -0.350 e. The number of aryl methyl sites for hydroxylation is 1. The van der Waals surface area contributed by atoms with Crippen LogP contribution in [0.15, 0.2) is 23.6 Å². The molecule has 1 amide bonds. The van der Waals surface area contributed by atoms with Crippen LogP contribution in [0.5, 0.6) is 0 Å². The van der Waals surface area contributed by atoms with Gasteiger partial charge in [0.2, 0.25) is 0 Å². The first-order valence-corrected chi connectivity index (χ1v) is 6.97. The van der Waals surface area contributed by atoms with E-state index in [1.807, 2.05) is 0 Å². The Morgan fingerprint density at radius 3 is 2.71 bits per heavy atom. The Morgan fingerprint density at radius 1 is 1.33 bits per heavy atom. The number of thiazole rings is 1. The Bertz CT molecular complexity index is 640. The van der Waals surface area contributed by atoms with Crippen molar-refractivity contribution in [1.29, 1.82) is 0 Å². The van der Waals surface area contributed by atoms with Crippen LogP contribution in [0.4, 0.5) is 13.2 Å². The molecule has 8 heteroatoms. The minimum absolute atomic E-state index is 0.208. The maximum atomic E-state index is 12.4. The third kappa shape index (κ3) is 4.25. The summed E-state index contributed by atoms with van der Waals surface area (Å²) in [5, 5.41) is 3.91. The van der Waals surface area contributed by atoms with Gasteiger partial charge in [0.15, 0.2) is 5.69 Å². The zero-order chi connectivity index (χ0) is 15.5. The van der Waals surface area contributed by atoms with Crippen molar-refractivity contribution in [1.82, 2.24) is 15.3 Å². The second-order valence-electron chi connectivity index (χ2n) is 4.29. The van der Waals surface area contributed by atoms with Gasteiger partial charge in [-0.15, -0.1) is 11.3 Å². The van der Waals surface area contributed by atoms with Gasteiger partial charge >= 0.3 is 6.18 Å². The average molecular weight is 315 g/mol. The molecule has 4 nitrogen and oxygen atoms in total. The first-order valence-electron chi connectivity index (χ1n) is 6.10. The third-order valence-electron chi connectivity index (χ3n) is 2.59. The molecular weight excluding hydrogens is 303 g/mol. The van der Waals surface area contributed by atoms with Gasteiger partial charge < -0.3 is 5.32 Å². The molecule has 0 radical (unpaired) electrons. The topological polar surface area (TPSA) is 54.9 Å². The predicted molar refractivity (Wildman–Crippen MR) is 72.1 cm³/mol. The lowest BCUT2D eigenvalue weighted by atomic mass is 10.3. The fourth-order valence-corrected chi connectivity index (χ4v) is 2.40. The van der Waals surface area contributed by atoms with Crippen molar-refractivity contribution in [2.24, 2.45) is 0 Å². The van der Waals surface area contributed by atoms with Gasteiger partial charge in [-0.25, -0.2) is 9.97 Å². The zero-order valence-electron chi connectivity index (χ0n) is 11.1. The molecule has 0 saturated carbocycles. The van der Waals surface area contributed by atoms with Crippen LogP contribution in [0.1, 0.15) is 26.9 Å². The summed E-state index contributed by atoms with van der Waals surface area (Å²) in [5.74, 6) is -0.355. The van der Waals surface area contributed by atoms with E-state index in [9.17, 15) is 18.0 Å². The molecule has 0 unspecified atom stereocenters. The summed E-state index contributed by atoms with van der Waals surface area (Å²) in [6.07, 6.45) is -4.18. The Kier molecular flexibility index (Phi) is 4.56. The normalized spacial score (nSPS) is 11.4. The fraction of sp³-hybridized carbons (Fsp3) is 0.308. The lowest BCUT2D eigenvalue weighted by molar-refractivity contribution is -0.140. The number of nitrogens with one attached hydrogen (secondary N) is 1. The number of hydrogen-bond acceptors (Lipinski definition) is 4. The quantitative estimate of drug-likeness (QED) is 0.944. The first kappa shape index (κ1) is 15.4. The number of aromatic nitrogens is 2. The number of pyridine rings is 1. The Morgan fingerprint density at radius 2 is 2.10 bits per heavy atom. The maximum absolute atomic E-state index is 12.4. The van der Waals surface area contributed by atoms with Gasteiger partial charge in [-0.05, 0) is 19.1 Å². The van der Waals surface area contributed by atoms with Gasteiger partial charge in [0, 0.05) is 24.0 Å². The molecule has 0 aliphatic carbocycles. The summed E-state index contributed by atoms with van der Waals surface area (Å²) in [6, 6.07) is 5.06. The second-order valence-corrected chi connectivity index (χ2v) is 5.24. The van der Waals surface area contributed by atoms with E-state index >= 15 is 0 Å². The van der Waals surface area contributed by atoms with Gasteiger partial charge in [-0.3, -0.25) is 4.79 Å². The van der Waals surface area contributed by atoms with Crippen molar-refractivity contribution >= 4 is 17.2 Å². The van der Waals surface area contributed by atoms with E-state index < -0.39 is 11.9 Å². The summed E-state index contributed by atoms with van der Waals surface area (Å²) in [5.41, 5.74) is 0.108. The lowest BCUT2D eigenvalue weighted by Crippen LogP contribution is -2.26. The van der Waals surface area contributed by atoms with Crippen LogP contribution in [0.3, 0.4) is 0 Å². The van der Waals surface area contributed by atoms with Crippen LogP contribution >= 0.6 is 11.3 Å². The predicted octanol–water partition coefficient (Wildman–Crippen LogP) is 2.84. The highest BCUT2D eigenvalue weighted by atomic mass is 32.1. The highest BCUT2D eigenvalue weighted by Crippen LogP contribution is 2.29. The molecule has 0 spiro atoms. The van der Waals surface area contributed by atoms with E-state index in [4.69, 9.17) is 0 Å². The van der Waals surface area contributed by atoms with Crippen molar-refractivity contribution < 1.29 is 18.0 Å². The molecule has 2 aromatic heterocycles. The van der Waals surface area contributed by atoms with E-state index in [-0.39, 0.29) is 24.6 Å². The van der Waals surface area contributed by atoms with Crippen molar-refractivity contribution in [2.45, 2.75) is 19.5 Å². The average Bonchev–Trinajstić information content (AvgIpc) is 2.87. The zero-order valence-corrected chi connectivity index (χ0v) is 11.9. The summed E-state index contributed by atoms with van der Waals surface area (Å²) in [4.78, 5) is 19.3. The molecule has 0 fully saturated rings. The summed E-state index contributed by atoms with van der Waals surface area (Å²) in [6.45, 7) is 1.98. The van der Waals surface area contributed by atoms with Crippen LogP contribution < -0.4 is 5.32 Å². The fourth-order valence-electron chi connectivity index (χ4n) is 1.60. The molecule has 1 N–H and O–H groups in total. The summed E-state index contributed by atoms with van der Waals surface area (Å²) in [7, 11) is 0. The molecule has 0 aliphatic rings. The molecule has 2 heterocycles. The Labute approximate surface area is 123 Å². The van der Waals surface area contributed by atoms with Crippen LogP contribution in [0.2, 0.25) is 0 Å². The number of alkyl halides is 3. The Hall–Kier alpha value is -1.96. The Balaban J connectivity index is 1.87. The molecule has 0 atom stereocenters.